The molecule has 0 bridgehead atoms. The van der Waals surface area contributed by atoms with Crippen molar-refractivity contribution in [2.24, 2.45) is 12.0 Å². The number of rotatable bonds is 5. The van der Waals surface area contributed by atoms with E-state index in [0.29, 0.717) is 19.0 Å². The minimum atomic E-state index is -4.47. The zero-order valence-electron chi connectivity index (χ0n) is 11.9. The van der Waals surface area contributed by atoms with Crippen molar-refractivity contribution in [2.75, 3.05) is 13.1 Å². The molecule has 1 heterocycles. The average Bonchev–Trinajstić information content (AvgIpc) is 2.74. The molecule has 0 saturated carbocycles. The van der Waals surface area contributed by atoms with Crippen molar-refractivity contribution >= 4 is 29.9 Å². The summed E-state index contributed by atoms with van der Waals surface area (Å²) in [4.78, 5) is 4.10. The Hall–Kier alpha value is -1.26. The fourth-order valence-corrected chi connectivity index (χ4v) is 1.57. The molecule has 1 rings (SSSR count). The van der Waals surface area contributed by atoms with Gasteiger partial charge >= 0.3 is 6.18 Å². The Balaban J connectivity index is 0.00000400. The van der Waals surface area contributed by atoms with E-state index in [1.807, 2.05) is 6.92 Å². The van der Waals surface area contributed by atoms with Gasteiger partial charge in [0, 0.05) is 31.9 Å². The summed E-state index contributed by atoms with van der Waals surface area (Å²) in [6.07, 6.45) is -1.51. The second-order valence-electron chi connectivity index (χ2n) is 4.04. The zero-order valence-corrected chi connectivity index (χ0v) is 14.2. The van der Waals surface area contributed by atoms with Crippen LogP contribution in [-0.2, 0) is 19.8 Å². The van der Waals surface area contributed by atoms with E-state index in [1.54, 1.807) is 6.08 Å². The Bertz CT molecular complexity index is 482. The Kier molecular flexibility index (Phi) is 8.37. The molecule has 0 spiro atoms. The molecule has 0 aliphatic rings. The largest absolute Gasteiger partial charge is 0.435 e. The number of aliphatic imine (C=N–C) groups is 1. The first-order valence-corrected chi connectivity index (χ1v) is 6.11. The summed E-state index contributed by atoms with van der Waals surface area (Å²) in [7, 11) is 1.45. The predicted octanol–water partition coefficient (Wildman–Crippen LogP) is 2.30. The lowest BCUT2D eigenvalue weighted by molar-refractivity contribution is -0.142. The van der Waals surface area contributed by atoms with Gasteiger partial charge in [0.15, 0.2) is 11.7 Å². The molecule has 0 aromatic carbocycles. The van der Waals surface area contributed by atoms with Crippen LogP contribution in [0.15, 0.2) is 23.8 Å². The quantitative estimate of drug-likeness (QED) is 0.335. The SMILES string of the molecule is C=CCNC(=NCc1cn(C)nc1C(F)(F)F)NCC.I. The van der Waals surface area contributed by atoms with Crippen LogP contribution < -0.4 is 10.6 Å². The minimum absolute atomic E-state index is 0. The third-order valence-corrected chi connectivity index (χ3v) is 2.34. The van der Waals surface area contributed by atoms with Crippen LogP contribution in [0, 0.1) is 0 Å². The number of nitrogens with one attached hydrogen (secondary N) is 2. The summed E-state index contributed by atoms with van der Waals surface area (Å²) in [5.74, 6) is 0.435. The maximum Gasteiger partial charge on any atom is 0.435 e. The van der Waals surface area contributed by atoms with E-state index in [-0.39, 0.29) is 36.1 Å². The molecular formula is C12H19F3IN5. The van der Waals surface area contributed by atoms with Crippen molar-refractivity contribution < 1.29 is 13.2 Å². The number of aromatic nitrogens is 2. The monoisotopic (exact) mass is 417 g/mol. The number of alkyl halides is 3. The molecule has 0 atom stereocenters. The van der Waals surface area contributed by atoms with E-state index in [4.69, 9.17) is 0 Å². The number of aryl methyl sites for hydroxylation is 1. The number of halogens is 4. The Morgan fingerprint density at radius 2 is 2.14 bits per heavy atom. The fraction of sp³-hybridized carbons (Fsp3) is 0.500. The highest BCUT2D eigenvalue weighted by Gasteiger charge is 2.36. The molecule has 0 unspecified atom stereocenters. The molecule has 120 valence electrons. The molecule has 0 fully saturated rings. The molecule has 0 aliphatic carbocycles. The molecule has 21 heavy (non-hydrogen) atoms. The van der Waals surface area contributed by atoms with E-state index in [2.05, 4.69) is 27.3 Å². The van der Waals surface area contributed by atoms with Crippen molar-refractivity contribution in [1.29, 1.82) is 0 Å². The molecule has 0 amide bonds. The standard InChI is InChI=1S/C12H18F3N5.HI/c1-4-6-17-11(16-5-2)18-7-9-8-20(3)19-10(9)12(13,14)15;/h4,8H,1,5-7H2,2-3H3,(H2,16,17,18);1H. The Morgan fingerprint density at radius 3 is 2.67 bits per heavy atom. The molecule has 2 N–H and O–H groups in total. The van der Waals surface area contributed by atoms with Crippen LogP contribution in [0.1, 0.15) is 18.2 Å². The molecule has 5 nitrogen and oxygen atoms in total. The smallest absolute Gasteiger partial charge is 0.357 e. The average molecular weight is 417 g/mol. The highest BCUT2D eigenvalue weighted by atomic mass is 127. The van der Waals surface area contributed by atoms with Crippen LogP contribution in [0.3, 0.4) is 0 Å². The van der Waals surface area contributed by atoms with E-state index in [1.165, 1.54) is 13.2 Å². The van der Waals surface area contributed by atoms with Crippen molar-refractivity contribution in [1.82, 2.24) is 20.4 Å². The third-order valence-electron chi connectivity index (χ3n) is 2.34. The lowest BCUT2D eigenvalue weighted by atomic mass is 10.2. The summed E-state index contributed by atoms with van der Waals surface area (Å²) < 4.78 is 39.4. The second-order valence-corrected chi connectivity index (χ2v) is 4.04. The number of hydrogen-bond acceptors (Lipinski definition) is 2. The van der Waals surface area contributed by atoms with Crippen LogP contribution in [0.25, 0.3) is 0 Å². The molecule has 0 saturated heterocycles. The second kappa shape index (κ2) is 8.90. The van der Waals surface area contributed by atoms with Gasteiger partial charge in [0.25, 0.3) is 0 Å². The van der Waals surface area contributed by atoms with Gasteiger partial charge in [0.2, 0.25) is 0 Å². The lowest BCUT2D eigenvalue weighted by Crippen LogP contribution is -2.37. The van der Waals surface area contributed by atoms with E-state index in [0.717, 1.165) is 4.68 Å². The molecular weight excluding hydrogens is 398 g/mol. The van der Waals surface area contributed by atoms with E-state index in [9.17, 15) is 13.2 Å². The van der Waals surface area contributed by atoms with Gasteiger partial charge in [-0.3, -0.25) is 4.68 Å². The van der Waals surface area contributed by atoms with Crippen LogP contribution in [-0.4, -0.2) is 28.8 Å². The van der Waals surface area contributed by atoms with Crippen LogP contribution >= 0.6 is 24.0 Å². The van der Waals surface area contributed by atoms with Gasteiger partial charge in [-0.2, -0.15) is 18.3 Å². The number of nitrogens with zero attached hydrogens (tertiary/aromatic N) is 3. The summed E-state index contributed by atoms with van der Waals surface area (Å²) >= 11 is 0. The predicted molar refractivity (Wildman–Crippen MR) is 86.6 cm³/mol. The van der Waals surface area contributed by atoms with E-state index < -0.39 is 11.9 Å². The molecule has 0 aliphatic heterocycles. The van der Waals surface area contributed by atoms with Gasteiger partial charge in [-0.15, -0.1) is 30.6 Å². The van der Waals surface area contributed by atoms with Gasteiger partial charge < -0.3 is 10.6 Å². The van der Waals surface area contributed by atoms with Gasteiger partial charge in [-0.05, 0) is 6.92 Å². The van der Waals surface area contributed by atoms with Gasteiger partial charge in [0.1, 0.15) is 0 Å². The van der Waals surface area contributed by atoms with Crippen LogP contribution in [0.4, 0.5) is 13.2 Å². The highest BCUT2D eigenvalue weighted by molar-refractivity contribution is 14.0. The molecule has 0 radical (unpaired) electrons. The topological polar surface area (TPSA) is 54.2 Å². The summed E-state index contributed by atoms with van der Waals surface area (Å²) in [5.41, 5.74) is -0.862. The maximum atomic E-state index is 12.8. The first-order valence-electron chi connectivity index (χ1n) is 6.11. The normalized spacial score (nSPS) is 11.8. The Labute approximate surface area is 138 Å². The Morgan fingerprint density at radius 1 is 1.48 bits per heavy atom. The summed E-state index contributed by atoms with van der Waals surface area (Å²) in [5, 5.41) is 9.29. The number of hydrogen-bond donors (Lipinski definition) is 2. The minimum Gasteiger partial charge on any atom is -0.357 e. The molecule has 9 heteroatoms. The first-order chi connectivity index (χ1) is 9.38. The summed E-state index contributed by atoms with van der Waals surface area (Å²) in [6.45, 7) is 6.41. The number of guanidine groups is 1. The van der Waals surface area contributed by atoms with E-state index >= 15 is 0 Å². The first kappa shape index (κ1) is 19.7. The highest BCUT2D eigenvalue weighted by Crippen LogP contribution is 2.30. The van der Waals surface area contributed by atoms with Crippen molar-refractivity contribution in [3.8, 4) is 0 Å². The van der Waals surface area contributed by atoms with Gasteiger partial charge in [-0.25, -0.2) is 4.99 Å². The lowest BCUT2D eigenvalue weighted by Gasteiger charge is -2.09. The van der Waals surface area contributed by atoms with Crippen LogP contribution in [0.2, 0.25) is 0 Å². The fourth-order valence-electron chi connectivity index (χ4n) is 1.57. The molecule has 1 aromatic heterocycles. The van der Waals surface area contributed by atoms with Crippen molar-refractivity contribution in [3.05, 3.63) is 30.1 Å². The maximum absolute atomic E-state index is 12.8. The van der Waals surface area contributed by atoms with Crippen molar-refractivity contribution in [2.45, 2.75) is 19.6 Å². The van der Waals surface area contributed by atoms with Crippen molar-refractivity contribution in [3.63, 3.8) is 0 Å². The van der Waals surface area contributed by atoms with Gasteiger partial charge in [-0.1, -0.05) is 6.08 Å². The molecule has 1 aromatic rings. The van der Waals surface area contributed by atoms with Crippen LogP contribution in [0.5, 0.6) is 0 Å². The summed E-state index contributed by atoms with van der Waals surface area (Å²) in [6, 6.07) is 0. The zero-order chi connectivity index (χ0) is 15.2. The third kappa shape index (κ3) is 6.36. The van der Waals surface area contributed by atoms with Gasteiger partial charge in [0.05, 0.1) is 6.54 Å².